The summed E-state index contributed by atoms with van der Waals surface area (Å²) in [5, 5.41) is 17.3. The average molecular weight is 278 g/mol. The number of aromatic carboxylic acids is 1. The Balaban J connectivity index is 2.16. The Morgan fingerprint density at radius 1 is 1.37 bits per heavy atom. The van der Waals surface area contributed by atoms with E-state index >= 15 is 0 Å². The molecule has 0 fully saturated rings. The van der Waals surface area contributed by atoms with E-state index in [0.717, 1.165) is 29.9 Å². The van der Waals surface area contributed by atoms with Gasteiger partial charge >= 0.3 is 5.97 Å². The van der Waals surface area contributed by atoms with E-state index in [1.54, 1.807) is 16.8 Å². The first-order valence-electron chi connectivity index (χ1n) is 5.97. The summed E-state index contributed by atoms with van der Waals surface area (Å²) in [6.45, 7) is 1.37. The van der Waals surface area contributed by atoms with Gasteiger partial charge in [0, 0.05) is 30.1 Å². The molecule has 0 saturated carbocycles. The lowest BCUT2D eigenvalue weighted by Gasteiger charge is -2.15. The third kappa shape index (κ3) is 2.11. The summed E-state index contributed by atoms with van der Waals surface area (Å²) in [4.78, 5) is 11.2. The number of hydrogen-bond donors (Lipinski definition) is 2. The largest absolute Gasteiger partial charge is 0.476 e. The van der Waals surface area contributed by atoms with E-state index in [2.05, 4.69) is 10.4 Å². The molecule has 98 valence electrons. The zero-order valence-corrected chi connectivity index (χ0v) is 10.8. The minimum atomic E-state index is -0.993. The lowest BCUT2D eigenvalue weighted by atomic mass is 10.1. The molecule has 5 nitrogen and oxygen atoms in total. The number of halogens is 1. The maximum absolute atomic E-state index is 11.2. The molecule has 0 unspecified atom stereocenters. The van der Waals surface area contributed by atoms with Crippen molar-refractivity contribution in [3.63, 3.8) is 0 Å². The fraction of sp³-hybridized carbons (Fsp3) is 0.231. The average Bonchev–Trinajstić information content (AvgIpc) is 2.79. The summed E-state index contributed by atoms with van der Waals surface area (Å²) in [6.07, 6.45) is 0.762. The first-order valence-corrected chi connectivity index (χ1v) is 6.35. The molecule has 6 heteroatoms. The van der Waals surface area contributed by atoms with Gasteiger partial charge in [0.1, 0.15) is 0 Å². The Bertz CT molecular complexity index is 634. The van der Waals surface area contributed by atoms with Crippen LogP contribution in [-0.2, 0) is 13.0 Å². The van der Waals surface area contributed by atoms with E-state index in [1.807, 2.05) is 12.1 Å². The molecular weight excluding hydrogens is 266 g/mol. The second-order valence-corrected chi connectivity index (χ2v) is 4.83. The van der Waals surface area contributed by atoms with Crippen molar-refractivity contribution >= 4 is 17.6 Å². The van der Waals surface area contributed by atoms with Gasteiger partial charge in [-0.25, -0.2) is 9.48 Å². The monoisotopic (exact) mass is 277 g/mol. The Morgan fingerprint density at radius 2 is 2.11 bits per heavy atom. The van der Waals surface area contributed by atoms with E-state index in [9.17, 15) is 9.90 Å². The highest BCUT2D eigenvalue weighted by atomic mass is 35.5. The molecule has 19 heavy (non-hydrogen) atoms. The number of carbonyl (C=O) groups is 1. The summed E-state index contributed by atoms with van der Waals surface area (Å²) < 4.78 is 1.70. The fourth-order valence-corrected chi connectivity index (χ4v) is 2.44. The molecule has 0 spiro atoms. The van der Waals surface area contributed by atoms with E-state index in [4.69, 9.17) is 11.6 Å². The number of nitrogens with one attached hydrogen (secondary N) is 1. The van der Waals surface area contributed by atoms with E-state index in [1.165, 1.54) is 0 Å². The van der Waals surface area contributed by atoms with E-state index in [-0.39, 0.29) is 5.69 Å². The van der Waals surface area contributed by atoms with Crippen LogP contribution in [0, 0.1) is 0 Å². The number of carboxylic acids is 1. The molecule has 1 aromatic heterocycles. The lowest BCUT2D eigenvalue weighted by Crippen LogP contribution is -2.25. The predicted molar refractivity (Wildman–Crippen MR) is 70.9 cm³/mol. The van der Waals surface area contributed by atoms with Gasteiger partial charge in [-0.15, -0.1) is 0 Å². The molecular formula is C13H12ClN3O2. The Morgan fingerprint density at radius 3 is 2.79 bits per heavy atom. The summed E-state index contributed by atoms with van der Waals surface area (Å²) in [6, 6.07) is 7.21. The molecule has 0 aliphatic carbocycles. The van der Waals surface area contributed by atoms with Gasteiger partial charge in [-0.3, -0.25) is 0 Å². The predicted octanol–water partition coefficient (Wildman–Crippen LogP) is 1.87. The van der Waals surface area contributed by atoms with Gasteiger partial charge in [0.2, 0.25) is 0 Å². The molecule has 1 aliphatic rings. The quantitative estimate of drug-likeness (QED) is 0.879. The van der Waals surface area contributed by atoms with Gasteiger partial charge in [0.25, 0.3) is 0 Å². The van der Waals surface area contributed by atoms with Gasteiger partial charge in [0.15, 0.2) is 5.69 Å². The second-order valence-electron chi connectivity index (χ2n) is 4.39. The number of carboxylic acid groups (broad SMARTS) is 1. The number of hydrogen-bond acceptors (Lipinski definition) is 3. The summed E-state index contributed by atoms with van der Waals surface area (Å²) in [7, 11) is 0. The molecule has 1 aromatic carbocycles. The van der Waals surface area contributed by atoms with Crippen molar-refractivity contribution in [2.24, 2.45) is 0 Å². The molecule has 0 bridgehead atoms. The van der Waals surface area contributed by atoms with Crippen LogP contribution in [0.4, 0.5) is 0 Å². The molecule has 0 radical (unpaired) electrons. The first-order chi connectivity index (χ1) is 9.16. The third-order valence-corrected chi connectivity index (χ3v) is 3.46. The topological polar surface area (TPSA) is 67.1 Å². The Kier molecular flexibility index (Phi) is 3.00. The van der Waals surface area contributed by atoms with Crippen LogP contribution in [0.15, 0.2) is 24.3 Å². The highest BCUT2D eigenvalue weighted by Gasteiger charge is 2.24. The minimum absolute atomic E-state index is 0.122. The minimum Gasteiger partial charge on any atom is -0.476 e. The molecule has 0 atom stereocenters. The molecule has 2 N–H and O–H groups in total. The molecule has 0 amide bonds. The first kappa shape index (κ1) is 12.2. The number of fused-ring (bicyclic) bond motifs is 1. The van der Waals surface area contributed by atoms with Crippen LogP contribution in [0.25, 0.3) is 5.69 Å². The molecule has 2 heterocycles. The van der Waals surface area contributed by atoms with Crippen molar-refractivity contribution in [1.29, 1.82) is 0 Å². The summed E-state index contributed by atoms with van der Waals surface area (Å²) in [5.41, 5.74) is 2.68. The van der Waals surface area contributed by atoms with Gasteiger partial charge in [0.05, 0.1) is 11.4 Å². The second kappa shape index (κ2) is 4.68. The zero-order valence-electron chi connectivity index (χ0n) is 10.1. The van der Waals surface area contributed by atoms with Gasteiger partial charge in [-0.05, 0) is 24.3 Å². The van der Waals surface area contributed by atoms with Crippen molar-refractivity contribution in [2.75, 3.05) is 6.54 Å². The van der Waals surface area contributed by atoms with Crippen LogP contribution in [0.5, 0.6) is 0 Å². The fourth-order valence-electron chi connectivity index (χ4n) is 2.32. The van der Waals surface area contributed by atoms with Gasteiger partial charge in [-0.1, -0.05) is 11.6 Å². The zero-order chi connectivity index (χ0) is 13.4. The summed E-state index contributed by atoms with van der Waals surface area (Å²) >= 11 is 5.86. The molecule has 2 aromatic rings. The van der Waals surface area contributed by atoms with Crippen LogP contribution < -0.4 is 5.32 Å². The normalized spacial score (nSPS) is 14.2. The number of rotatable bonds is 2. The van der Waals surface area contributed by atoms with Crippen LogP contribution in [0.3, 0.4) is 0 Å². The van der Waals surface area contributed by atoms with Gasteiger partial charge < -0.3 is 10.4 Å². The molecule has 3 rings (SSSR count). The standard InChI is InChI=1S/C13H12ClN3O2/c14-8-1-3-9(4-2-8)17-11-5-6-15-7-10(11)12(16-17)13(18)19/h1-4,15H,5-7H2,(H,18,19). The number of aromatic nitrogens is 2. The van der Waals surface area contributed by atoms with Gasteiger partial charge in [-0.2, -0.15) is 5.10 Å². The Labute approximate surface area is 114 Å². The Hall–Kier alpha value is -1.85. The molecule has 1 aliphatic heterocycles. The SMILES string of the molecule is O=C(O)c1nn(-c2ccc(Cl)cc2)c2c1CNCC2. The van der Waals surface area contributed by atoms with Crippen molar-refractivity contribution < 1.29 is 9.90 Å². The van der Waals surface area contributed by atoms with Crippen LogP contribution in [0.2, 0.25) is 5.02 Å². The van der Waals surface area contributed by atoms with Crippen molar-refractivity contribution in [3.8, 4) is 5.69 Å². The molecule has 0 saturated heterocycles. The number of nitrogens with zero attached hydrogens (tertiary/aromatic N) is 2. The lowest BCUT2D eigenvalue weighted by molar-refractivity contribution is 0.0688. The highest BCUT2D eigenvalue weighted by Crippen LogP contribution is 2.23. The van der Waals surface area contributed by atoms with Crippen LogP contribution >= 0.6 is 11.6 Å². The summed E-state index contributed by atoms with van der Waals surface area (Å²) in [5.74, 6) is -0.993. The van der Waals surface area contributed by atoms with Crippen LogP contribution in [0.1, 0.15) is 21.7 Å². The third-order valence-electron chi connectivity index (χ3n) is 3.20. The smallest absolute Gasteiger partial charge is 0.356 e. The van der Waals surface area contributed by atoms with E-state index < -0.39 is 5.97 Å². The van der Waals surface area contributed by atoms with Crippen molar-refractivity contribution in [1.82, 2.24) is 15.1 Å². The highest BCUT2D eigenvalue weighted by molar-refractivity contribution is 6.30. The maximum Gasteiger partial charge on any atom is 0.356 e. The van der Waals surface area contributed by atoms with Crippen molar-refractivity contribution in [2.45, 2.75) is 13.0 Å². The maximum atomic E-state index is 11.2. The number of benzene rings is 1. The van der Waals surface area contributed by atoms with E-state index in [0.29, 0.717) is 11.6 Å². The van der Waals surface area contributed by atoms with Crippen LogP contribution in [-0.4, -0.2) is 27.4 Å². The van der Waals surface area contributed by atoms with Crippen molar-refractivity contribution in [3.05, 3.63) is 46.2 Å².